The summed E-state index contributed by atoms with van der Waals surface area (Å²) in [7, 11) is 6.86. The number of oxazole rings is 1. The summed E-state index contributed by atoms with van der Waals surface area (Å²) in [6, 6.07) is 23.4. The smallest absolute Gasteiger partial charge is 0.247 e. The molecule has 59 heavy (non-hydrogen) atoms. The molecule has 4 amide bonds. The molecule has 0 bridgehead atoms. The first kappa shape index (κ1) is 40.9. The van der Waals surface area contributed by atoms with Gasteiger partial charge in [-0.3, -0.25) is 29.0 Å². The minimum absolute atomic E-state index is 0.264. The summed E-state index contributed by atoms with van der Waals surface area (Å²) in [6.45, 7) is 0.801. The van der Waals surface area contributed by atoms with Gasteiger partial charge in [-0.05, 0) is 115 Å². The number of likely N-dealkylation sites (tertiary alicyclic amines) is 2. The summed E-state index contributed by atoms with van der Waals surface area (Å²) >= 11 is 0. The fraction of sp³-hybridized carbons (Fsp3) is 0.311. The Hall–Kier alpha value is -6.25. The zero-order valence-corrected chi connectivity index (χ0v) is 33.4. The number of carbonyl (C=O) groups is 4. The number of rotatable bonds is 12. The number of aromatic nitrogens is 1. The van der Waals surface area contributed by atoms with Gasteiger partial charge in [0.2, 0.25) is 29.5 Å². The highest BCUT2D eigenvalue weighted by molar-refractivity contribution is 5.99. The number of nitrogens with zero attached hydrogens (tertiary/aromatic N) is 5. The molecule has 3 heterocycles. The zero-order valence-electron chi connectivity index (χ0n) is 33.4. The van der Waals surface area contributed by atoms with E-state index in [1.165, 1.54) is 12.1 Å². The van der Waals surface area contributed by atoms with Gasteiger partial charge < -0.3 is 24.9 Å². The Bertz CT molecular complexity index is 2150. The van der Waals surface area contributed by atoms with Crippen molar-refractivity contribution in [1.29, 1.82) is 0 Å². The number of hydrogen-bond acceptors (Lipinski definition) is 8. The van der Waals surface area contributed by atoms with E-state index in [2.05, 4.69) is 15.6 Å². The molecule has 2 fully saturated rings. The SMILES string of the molecule is CN(C)C(C(=O)N1CCCC1C(=O)Nc1ccc(-c2cnc(-c3ccc(NC(=O)[C@@H]4CCCN4C(=O)[C@H](c4ccccc4F)N(C)C)cc3)o2)cc1)c1ccccc1F. The molecule has 2 aliphatic heterocycles. The summed E-state index contributed by atoms with van der Waals surface area (Å²) in [6.07, 6.45) is 3.91. The third-order valence-electron chi connectivity index (χ3n) is 10.9. The van der Waals surface area contributed by atoms with E-state index < -0.39 is 35.8 Å². The molecule has 0 radical (unpaired) electrons. The molecule has 4 atom stereocenters. The fourth-order valence-electron chi connectivity index (χ4n) is 7.98. The van der Waals surface area contributed by atoms with E-state index in [1.54, 1.807) is 139 Å². The molecule has 1 aromatic heterocycles. The molecule has 2 N–H and O–H groups in total. The quantitative estimate of drug-likeness (QED) is 0.142. The van der Waals surface area contributed by atoms with Gasteiger partial charge >= 0.3 is 0 Å². The molecule has 2 saturated heterocycles. The standard InChI is InChI=1S/C45H47F2N7O5/c1-51(2)39(32-11-5-7-13-34(32)46)44(57)53-25-9-15-36(53)41(55)49-30-21-17-28(18-22-30)38-27-48-43(59-38)29-19-23-31(24-20-29)50-42(56)37-16-10-26-54(37)45(58)40(52(3)4)33-12-6-8-14-35(33)47/h5-8,11-14,17-24,27,36-37,39-40H,9-10,15-16,25-26H2,1-4H3,(H,49,55)(H,50,56)/t36?,37-,39?,40-/m0/s1. The average Bonchev–Trinajstić information content (AvgIpc) is 4.02. The van der Waals surface area contributed by atoms with Crippen LogP contribution in [0.4, 0.5) is 20.2 Å². The molecule has 0 spiro atoms. The average molecular weight is 804 g/mol. The van der Waals surface area contributed by atoms with Gasteiger partial charge in [-0.2, -0.15) is 0 Å². The van der Waals surface area contributed by atoms with Crippen molar-refractivity contribution in [2.24, 2.45) is 0 Å². The van der Waals surface area contributed by atoms with Gasteiger partial charge in [0.05, 0.1) is 6.20 Å². The van der Waals surface area contributed by atoms with Crippen LogP contribution in [0, 0.1) is 11.6 Å². The van der Waals surface area contributed by atoms with E-state index >= 15 is 0 Å². The van der Waals surface area contributed by atoms with Crippen LogP contribution in [0.3, 0.4) is 0 Å². The number of anilines is 2. The van der Waals surface area contributed by atoms with Gasteiger partial charge in [-0.15, -0.1) is 0 Å². The van der Waals surface area contributed by atoms with Crippen molar-refractivity contribution in [2.75, 3.05) is 51.9 Å². The van der Waals surface area contributed by atoms with E-state index in [9.17, 15) is 28.0 Å². The van der Waals surface area contributed by atoms with E-state index in [-0.39, 0.29) is 34.8 Å². The van der Waals surface area contributed by atoms with Gasteiger partial charge in [0.1, 0.15) is 35.8 Å². The Labute approximate surface area is 341 Å². The van der Waals surface area contributed by atoms with Gasteiger partial charge in [0, 0.05) is 46.7 Å². The number of amides is 4. The summed E-state index contributed by atoms with van der Waals surface area (Å²) in [5.74, 6) is -1.37. The Morgan fingerprint density at radius 1 is 0.644 bits per heavy atom. The lowest BCUT2D eigenvalue weighted by Gasteiger charge is -2.31. The van der Waals surface area contributed by atoms with E-state index in [0.29, 0.717) is 67.4 Å². The minimum atomic E-state index is -0.864. The van der Waals surface area contributed by atoms with E-state index in [1.807, 2.05) is 0 Å². The van der Waals surface area contributed by atoms with Crippen molar-refractivity contribution in [3.8, 4) is 22.8 Å². The molecule has 0 aliphatic carbocycles. The summed E-state index contributed by atoms with van der Waals surface area (Å²) in [5, 5.41) is 5.85. The molecule has 4 aromatic carbocycles. The molecule has 2 aliphatic rings. The Morgan fingerprint density at radius 2 is 1.07 bits per heavy atom. The first-order valence-corrected chi connectivity index (χ1v) is 19.6. The monoisotopic (exact) mass is 803 g/mol. The lowest BCUT2D eigenvalue weighted by molar-refractivity contribution is -0.141. The topological polar surface area (TPSA) is 131 Å². The van der Waals surface area contributed by atoms with Crippen LogP contribution in [0.2, 0.25) is 0 Å². The normalized spacial score (nSPS) is 17.6. The largest absolute Gasteiger partial charge is 0.436 e. The third kappa shape index (κ3) is 8.78. The highest BCUT2D eigenvalue weighted by atomic mass is 19.1. The molecule has 14 heteroatoms. The van der Waals surface area contributed by atoms with Crippen LogP contribution >= 0.6 is 0 Å². The van der Waals surface area contributed by atoms with Crippen molar-refractivity contribution in [3.63, 3.8) is 0 Å². The number of carbonyl (C=O) groups excluding carboxylic acids is 4. The first-order chi connectivity index (χ1) is 28.4. The molecule has 12 nitrogen and oxygen atoms in total. The minimum Gasteiger partial charge on any atom is -0.436 e. The second kappa shape index (κ2) is 17.7. The van der Waals surface area contributed by atoms with Crippen molar-refractivity contribution >= 4 is 35.0 Å². The van der Waals surface area contributed by atoms with Crippen molar-refractivity contribution in [2.45, 2.75) is 49.9 Å². The van der Waals surface area contributed by atoms with Crippen molar-refractivity contribution in [3.05, 3.63) is 126 Å². The van der Waals surface area contributed by atoms with Crippen LogP contribution in [-0.2, 0) is 19.2 Å². The highest BCUT2D eigenvalue weighted by Crippen LogP contribution is 2.32. The van der Waals surface area contributed by atoms with Gasteiger partial charge in [0.25, 0.3) is 0 Å². The first-order valence-electron chi connectivity index (χ1n) is 19.6. The fourth-order valence-corrected chi connectivity index (χ4v) is 7.98. The van der Waals surface area contributed by atoms with Crippen LogP contribution in [-0.4, -0.2) is 102 Å². The number of likely N-dealkylation sites (N-methyl/N-ethyl adjacent to an activating group) is 2. The van der Waals surface area contributed by atoms with Crippen LogP contribution in [0.15, 0.2) is 108 Å². The van der Waals surface area contributed by atoms with Crippen LogP contribution in [0.25, 0.3) is 22.8 Å². The highest BCUT2D eigenvalue weighted by Gasteiger charge is 2.40. The Balaban J connectivity index is 0.957. The van der Waals surface area contributed by atoms with Crippen molar-refractivity contribution < 1.29 is 32.4 Å². The molecular weight excluding hydrogens is 757 g/mol. The maximum atomic E-state index is 14.7. The zero-order chi connectivity index (χ0) is 41.8. The summed E-state index contributed by atoms with van der Waals surface area (Å²) in [5.41, 5.74) is 3.01. The third-order valence-corrected chi connectivity index (χ3v) is 10.9. The van der Waals surface area contributed by atoms with E-state index in [0.717, 1.165) is 5.56 Å². The summed E-state index contributed by atoms with van der Waals surface area (Å²) < 4.78 is 35.5. The molecule has 0 saturated carbocycles. The number of nitrogens with one attached hydrogen (secondary N) is 2. The molecule has 306 valence electrons. The van der Waals surface area contributed by atoms with Crippen molar-refractivity contribution in [1.82, 2.24) is 24.6 Å². The molecular formula is C45H47F2N7O5. The predicted molar refractivity (Wildman–Crippen MR) is 220 cm³/mol. The number of halogens is 2. The lowest BCUT2D eigenvalue weighted by atomic mass is 10.0. The van der Waals surface area contributed by atoms with Crippen LogP contribution in [0.5, 0.6) is 0 Å². The molecule has 5 aromatic rings. The number of hydrogen-bond donors (Lipinski definition) is 2. The molecule has 2 unspecified atom stereocenters. The second-order valence-electron chi connectivity index (χ2n) is 15.3. The Kier molecular flexibility index (Phi) is 12.3. The second-order valence-corrected chi connectivity index (χ2v) is 15.3. The number of benzene rings is 4. The predicted octanol–water partition coefficient (Wildman–Crippen LogP) is 6.75. The van der Waals surface area contributed by atoms with Crippen LogP contribution in [0.1, 0.15) is 48.9 Å². The molecule has 7 rings (SSSR count). The Morgan fingerprint density at radius 3 is 1.49 bits per heavy atom. The maximum Gasteiger partial charge on any atom is 0.247 e. The summed E-state index contributed by atoms with van der Waals surface area (Å²) in [4.78, 5) is 65.2. The lowest BCUT2D eigenvalue weighted by Crippen LogP contribution is -2.47. The maximum absolute atomic E-state index is 14.7. The van der Waals surface area contributed by atoms with Crippen LogP contribution < -0.4 is 10.6 Å². The van der Waals surface area contributed by atoms with E-state index in [4.69, 9.17) is 4.42 Å². The van der Waals surface area contributed by atoms with Gasteiger partial charge in [-0.1, -0.05) is 36.4 Å². The van der Waals surface area contributed by atoms with Gasteiger partial charge in [0.15, 0.2) is 5.76 Å². The van der Waals surface area contributed by atoms with Gasteiger partial charge in [-0.25, -0.2) is 13.8 Å².